The molecule has 0 atom stereocenters. The molecular weight excluding hydrogens is 441 g/mol. The van der Waals surface area contributed by atoms with Crippen molar-refractivity contribution in [2.75, 3.05) is 36.1 Å². The Balaban J connectivity index is 1.40. The third kappa shape index (κ3) is 3.97. The van der Waals surface area contributed by atoms with Crippen molar-refractivity contribution in [2.24, 2.45) is 0 Å². The summed E-state index contributed by atoms with van der Waals surface area (Å²) in [5, 5.41) is 0. The van der Waals surface area contributed by atoms with Gasteiger partial charge in [0.2, 0.25) is 0 Å². The molecule has 3 heterocycles. The van der Waals surface area contributed by atoms with Gasteiger partial charge in [-0.2, -0.15) is 0 Å². The second-order valence-corrected chi connectivity index (χ2v) is 8.19. The number of nitrogens with zero attached hydrogens (tertiary/aromatic N) is 4. The number of hydrogen-bond donors (Lipinski definition) is 0. The molecule has 3 amide bonds. The first-order valence-electron chi connectivity index (χ1n) is 10.6. The number of benzene rings is 1. The maximum atomic E-state index is 13.3. The molecular formula is C22H21F3N4O4. The van der Waals surface area contributed by atoms with Gasteiger partial charge in [0, 0.05) is 19.3 Å². The van der Waals surface area contributed by atoms with Crippen LogP contribution in [0.15, 0.2) is 42.7 Å². The summed E-state index contributed by atoms with van der Waals surface area (Å²) in [6.45, 7) is 2.83. The SMILES string of the molecule is O=C1N(c2ccc(OC(F)(F)F)cc2)C(=O)C2(CC2)N1Cc1ccncc1N1CCOCC1. The fourth-order valence-corrected chi connectivity index (χ4v) is 4.37. The third-order valence-electron chi connectivity index (χ3n) is 6.16. The van der Waals surface area contributed by atoms with Gasteiger partial charge in [0.25, 0.3) is 5.91 Å². The minimum absolute atomic E-state index is 0.205. The molecule has 1 saturated carbocycles. The Hall–Kier alpha value is -3.34. The fraction of sp³-hybridized carbons (Fsp3) is 0.409. The lowest BCUT2D eigenvalue weighted by atomic mass is 10.1. The molecule has 0 N–H and O–H groups in total. The van der Waals surface area contributed by atoms with Crippen LogP contribution in [0, 0.1) is 0 Å². The van der Waals surface area contributed by atoms with Crippen molar-refractivity contribution in [1.29, 1.82) is 0 Å². The summed E-state index contributed by atoms with van der Waals surface area (Å²) in [4.78, 5) is 35.5. The lowest BCUT2D eigenvalue weighted by Crippen LogP contribution is -2.39. The maximum absolute atomic E-state index is 13.3. The molecule has 0 unspecified atom stereocenters. The van der Waals surface area contributed by atoms with Gasteiger partial charge in [0.15, 0.2) is 0 Å². The lowest BCUT2D eigenvalue weighted by molar-refractivity contribution is -0.274. The minimum atomic E-state index is -4.82. The summed E-state index contributed by atoms with van der Waals surface area (Å²) >= 11 is 0. The molecule has 0 bridgehead atoms. The summed E-state index contributed by atoms with van der Waals surface area (Å²) in [6.07, 6.45) is -0.334. The molecule has 1 spiro atoms. The average molecular weight is 462 g/mol. The summed E-state index contributed by atoms with van der Waals surface area (Å²) in [7, 11) is 0. The zero-order valence-electron chi connectivity index (χ0n) is 17.5. The third-order valence-corrected chi connectivity index (χ3v) is 6.16. The van der Waals surface area contributed by atoms with Crippen molar-refractivity contribution < 1.29 is 32.2 Å². The first-order chi connectivity index (χ1) is 15.8. The summed E-state index contributed by atoms with van der Waals surface area (Å²) in [5.41, 5.74) is 1.06. The maximum Gasteiger partial charge on any atom is 0.573 e. The monoisotopic (exact) mass is 462 g/mol. The van der Waals surface area contributed by atoms with Gasteiger partial charge in [-0.25, -0.2) is 9.69 Å². The Morgan fingerprint density at radius 3 is 2.39 bits per heavy atom. The van der Waals surface area contributed by atoms with E-state index in [-0.39, 0.29) is 18.1 Å². The largest absolute Gasteiger partial charge is 0.573 e. The van der Waals surface area contributed by atoms with Crippen molar-refractivity contribution in [3.63, 3.8) is 0 Å². The molecule has 5 rings (SSSR count). The molecule has 2 saturated heterocycles. The molecule has 174 valence electrons. The zero-order chi connectivity index (χ0) is 23.2. The second kappa shape index (κ2) is 7.91. The van der Waals surface area contributed by atoms with Crippen LogP contribution >= 0.6 is 0 Å². The van der Waals surface area contributed by atoms with Crippen LogP contribution in [0.25, 0.3) is 0 Å². The number of urea groups is 1. The number of morpholine rings is 1. The molecule has 8 nitrogen and oxygen atoms in total. The van der Waals surface area contributed by atoms with Gasteiger partial charge in [0.05, 0.1) is 37.3 Å². The number of amides is 3. The molecule has 11 heteroatoms. The Morgan fingerprint density at radius 1 is 1.06 bits per heavy atom. The lowest BCUT2D eigenvalue weighted by Gasteiger charge is -2.31. The van der Waals surface area contributed by atoms with Gasteiger partial charge in [-0.1, -0.05) is 0 Å². The van der Waals surface area contributed by atoms with Crippen molar-refractivity contribution >= 4 is 23.3 Å². The molecule has 2 aliphatic heterocycles. The van der Waals surface area contributed by atoms with Crippen molar-refractivity contribution in [1.82, 2.24) is 9.88 Å². The average Bonchev–Trinajstić information content (AvgIpc) is 3.57. The second-order valence-electron chi connectivity index (χ2n) is 8.19. The van der Waals surface area contributed by atoms with Crippen LogP contribution in [-0.4, -0.2) is 60.0 Å². The standard InChI is InChI=1S/C22H21F3N4O4/c23-22(24,25)33-17-3-1-16(2-4-17)29-19(30)21(6-7-21)28(20(29)31)14-15-5-8-26-13-18(15)27-9-11-32-12-10-27/h1-5,8,13H,6-7,9-12,14H2. The zero-order valence-corrected chi connectivity index (χ0v) is 17.5. The first kappa shape index (κ1) is 21.5. The van der Waals surface area contributed by atoms with Crippen LogP contribution in [0.2, 0.25) is 0 Å². The van der Waals surface area contributed by atoms with Gasteiger partial charge >= 0.3 is 12.4 Å². The number of aromatic nitrogens is 1. The van der Waals surface area contributed by atoms with E-state index in [4.69, 9.17) is 4.74 Å². The van der Waals surface area contributed by atoms with Crippen LogP contribution in [0.3, 0.4) is 0 Å². The number of ether oxygens (including phenoxy) is 2. The Bertz CT molecular complexity index is 1070. The number of anilines is 2. The predicted octanol–water partition coefficient (Wildman–Crippen LogP) is 3.32. The molecule has 1 aliphatic carbocycles. The van der Waals surface area contributed by atoms with Gasteiger partial charge in [-0.15, -0.1) is 13.2 Å². The van der Waals surface area contributed by atoms with E-state index in [2.05, 4.69) is 14.6 Å². The molecule has 0 radical (unpaired) electrons. The van der Waals surface area contributed by atoms with E-state index < -0.39 is 23.7 Å². The van der Waals surface area contributed by atoms with Crippen molar-refractivity contribution in [3.8, 4) is 5.75 Å². The molecule has 3 fully saturated rings. The topological polar surface area (TPSA) is 75.2 Å². The number of alkyl halides is 3. The normalized spacial score (nSPS) is 20.0. The molecule has 33 heavy (non-hydrogen) atoms. The predicted molar refractivity (Wildman–Crippen MR) is 111 cm³/mol. The van der Waals surface area contributed by atoms with Crippen LogP contribution in [0.5, 0.6) is 5.75 Å². The molecule has 2 aromatic rings. The number of halogens is 3. The number of rotatable bonds is 5. The first-order valence-corrected chi connectivity index (χ1v) is 10.6. The van der Waals surface area contributed by atoms with E-state index in [1.165, 1.54) is 12.1 Å². The van der Waals surface area contributed by atoms with E-state index in [0.29, 0.717) is 39.1 Å². The Morgan fingerprint density at radius 2 is 1.76 bits per heavy atom. The van der Waals surface area contributed by atoms with Crippen molar-refractivity contribution in [3.05, 3.63) is 48.3 Å². The number of hydrogen-bond acceptors (Lipinski definition) is 6. The Kier molecular flexibility index (Phi) is 5.15. The summed E-state index contributed by atoms with van der Waals surface area (Å²) in [6, 6.07) is 6.08. The van der Waals surface area contributed by atoms with E-state index in [0.717, 1.165) is 28.3 Å². The van der Waals surface area contributed by atoms with Crippen molar-refractivity contribution in [2.45, 2.75) is 31.3 Å². The number of carbonyl (C=O) groups is 2. The summed E-state index contributed by atoms with van der Waals surface area (Å²) < 4.78 is 46.6. The molecule has 1 aromatic heterocycles. The van der Waals surface area contributed by atoms with Gasteiger partial charge in [0.1, 0.15) is 11.3 Å². The highest BCUT2D eigenvalue weighted by Crippen LogP contribution is 2.50. The fourth-order valence-electron chi connectivity index (χ4n) is 4.37. The van der Waals surface area contributed by atoms with E-state index >= 15 is 0 Å². The van der Waals surface area contributed by atoms with E-state index in [1.54, 1.807) is 17.3 Å². The minimum Gasteiger partial charge on any atom is -0.406 e. The molecule has 3 aliphatic rings. The molecule has 1 aromatic carbocycles. The number of carbonyl (C=O) groups excluding carboxylic acids is 2. The van der Waals surface area contributed by atoms with Crippen LogP contribution in [0.1, 0.15) is 18.4 Å². The van der Waals surface area contributed by atoms with Crippen LogP contribution in [0.4, 0.5) is 29.3 Å². The van der Waals surface area contributed by atoms with Gasteiger partial charge < -0.3 is 19.3 Å². The highest BCUT2D eigenvalue weighted by atomic mass is 19.4. The highest BCUT2D eigenvalue weighted by Gasteiger charge is 2.65. The Labute approximate surface area is 187 Å². The highest BCUT2D eigenvalue weighted by molar-refractivity contribution is 6.24. The van der Waals surface area contributed by atoms with E-state index in [1.807, 2.05) is 6.07 Å². The number of imide groups is 1. The van der Waals surface area contributed by atoms with Gasteiger partial charge in [-0.05, 0) is 48.7 Å². The van der Waals surface area contributed by atoms with Crippen LogP contribution < -0.4 is 14.5 Å². The smallest absolute Gasteiger partial charge is 0.406 e. The number of pyridine rings is 1. The summed E-state index contributed by atoms with van der Waals surface area (Å²) in [5.74, 6) is -0.783. The van der Waals surface area contributed by atoms with Gasteiger partial charge in [-0.3, -0.25) is 9.78 Å². The van der Waals surface area contributed by atoms with E-state index in [9.17, 15) is 22.8 Å². The quantitative estimate of drug-likeness (QED) is 0.635. The van der Waals surface area contributed by atoms with Crippen LogP contribution in [-0.2, 0) is 16.1 Å².